The van der Waals surface area contributed by atoms with Gasteiger partial charge in [0.05, 0.1) is 23.3 Å². The first-order valence-corrected chi connectivity index (χ1v) is 10.4. The quantitative estimate of drug-likeness (QED) is 0.519. The second kappa shape index (κ2) is 7.83. The van der Waals surface area contributed by atoms with Gasteiger partial charge in [0.25, 0.3) is 0 Å². The van der Waals surface area contributed by atoms with Crippen molar-refractivity contribution in [3.05, 3.63) is 66.1 Å². The van der Waals surface area contributed by atoms with Crippen LogP contribution in [0.5, 0.6) is 11.5 Å². The second-order valence-electron chi connectivity index (χ2n) is 7.82. The molecule has 0 bridgehead atoms. The van der Waals surface area contributed by atoms with Gasteiger partial charge in [-0.3, -0.25) is 14.8 Å². The minimum Gasteiger partial charge on any atom is -0.455 e. The van der Waals surface area contributed by atoms with Crippen LogP contribution in [0.1, 0.15) is 37.1 Å². The minimum atomic E-state index is -0.0306. The summed E-state index contributed by atoms with van der Waals surface area (Å²) < 4.78 is 6.26. The maximum absolute atomic E-state index is 12.2. The van der Waals surface area contributed by atoms with Gasteiger partial charge in [0.1, 0.15) is 17.2 Å². The predicted octanol–water partition coefficient (Wildman–Crippen LogP) is 4.80. The van der Waals surface area contributed by atoms with Crippen LogP contribution in [-0.2, 0) is 4.79 Å². The van der Waals surface area contributed by atoms with Gasteiger partial charge in [-0.2, -0.15) is 0 Å². The summed E-state index contributed by atoms with van der Waals surface area (Å²) in [6, 6.07) is 13.5. The molecule has 0 radical (unpaired) electrons. The van der Waals surface area contributed by atoms with Gasteiger partial charge in [0.2, 0.25) is 5.91 Å². The molecular weight excluding hydrogens is 390 g/mol. The van der Waals surface area contributed by atoms with E-state index in [0.717, 1.165) is 47.4 Å². The molecule has 1 atom stereocenters. The zero-order valence-electron chi connectivity index (χ0n) is 17.5. The van der Waals surface area contributed by atoms with Gasteiger partial charge in [0, 0.05) is 37.0 Å². The normalized spacial score (nSPS) is 16.1. The zero-order chi connectivity index (χ0) is 21.4. The Kier molecular flexibility index (Phi) is 4.86. The summed E-state index contributed by atoms with van der Waals surface area (Å²) >= 11 is 0. The van der Waals surface area contributed by atoms with E-state index in [1.54, 1.807) is 19.3 Å². The molecule has 1 aliphatic heterocycles. The molecule has 0 spiro atoms. The molecule has 7 nitrogen and oxygen atoms in total. The van der Waals surface area contributed by atoms with E-state index in [0.29, 0.717) is 17.3 Å². The fourth-order valence-corrected chi connectivity index (χ4v) is 4.14. The highest BCUT2D eigenvalue weighted by Crippen LogP contribution is 2.40. The number of hydrogen-bond donors (Lipinski definition) is 1. The average Bonchev–Trinajstić information content (AvgIpc) is 3.42. The summed E-state index contributed by atoms with van der Waals surface area (Å²) in [5, 5.41) is 0. The molecule has 7 heteroatoms. The van der Waals surface area contributed by atoms with Crippen molar-refractivity contribution in [3.63, 3.8) is 0 Å². The third kappa shape index (κ3) is 3.74. The molecule has 3 aromatic heterocycles. The summed E-state index contributed by atoms with van der Waals surface area (Å²) in [5.41, 5.74) is 4.34. The molecule has 4 aromatic rings. The molecule has 1 saturated heterocycles. The number of benzene rings is 1. The first-order valence-electron chi connectivity index (χ1n) is 10.4. The maximum atomic E-state index is 12.2. The Morgan fingerprint density at radius 1 is 1.19 bits per heavy atom. The van der Waals surface area contributed by atoms with Crippen molar-refractivity contribution in [1.29, 1.82) is 0 Å². The largest absolute Gasteiger partial charge is 0.455 e. The number of carbonyl (C=O) groups excluding carboxylic acids is 1. The van der Waals surface area contributed by atoms with E-state index in [2.05, 4.69) is 21.0 Å². The Balaban J connectivity index is 1.62. The van der Waals surface area contributed by atoms with Crippen LogP contribution in [0.15, 0.2) is 54.9 Å². The van der Waals surface area contributed by atoms with Crippen LogP contribution < -0.4 is 4.74 Å². The molecule has 1 amide bonds. The lowest BCUT2D eigenvalue weighted by atomic mass is 10.0. The molecule has 1 unspecified atom stereocenters. The van der Waals surface area contributed by atoms with Crippen LogP contribution in [-0.4, -0.2) is 37.3 Å². The Morgan fingerprint density at radius 3 is 2.84 bits per heavy atom. The van der Waals surface area contributed by atoms with Crippen molar-refractivity contribution in [3.8, 4) is 23.0 Å². The van der Waals surface area contributed by atoms with E-state index in [4.69, 9.17) is 9.72 Å². The van der Waals surface area contributed by atoms with E-state index in [-0.39, 0.29) is 11.9 Å². The number of aryl methyl sites for hydroxylation is 1. The van der Waals surface area contributed by atoms with E-state index in [1.807, 2.05) is 48.2 Å². The first-order chi connectivity index (χ1) is 15.1. The van der Waals surface area contributed by atoms with Crippen molar-refractivity contribution in [2.75, 3.05) is 6.54 Å². The van der Waals surface area contributed by atoms with Gasteiger partial charge in [0.15, 0.2) is 5.82 Å². The Bertz CT molecular complexity index is 1230. The lowest BCUT2D eigenvalue weighted by Crippen LogP contribution is -2.28. The fourth-order valence-electron chi connectivity index (χ4n) is 4.14. The Hall–Kier alpha value is -3.74. The van der Waals surface area contributed by atoms with Crippen LogP contribution in [0.3, 0.4) is 0 Å². The molecule has 0 saturated carbocycles. The summed E-state index contributed by atoms with van der Waals surface area (Å²) in [6.07, 6.45) is 5.32. The Morgan fingerprint density at radius 2 is 2.10 bits per heavy atom. The van der Waals surface area contributed by atoms with Gasteiger partial charge in [-0.1, -0.05) is 6.07 Å². The monoisotopic (exact) mass is 413 g/mol. The number of imidazole rings is 1. The number of rotatable bonds is 4. The van der Waals surface area contributed by atoms with Gasteiger partial charge >= 0.3 is 0 Å². The van der Waals surface area contributed by atoms with Crippen LogP contribution >= 0.6 is 0 Å². The summed E-state index contributed by atoms with van der Waals surface area (Å²) in [4.78, 5) is 31.0. The minimum absolute atomic E-state index is 0.0306. The molecule has 1 fully saturated rings. The van der Waals surface area contributed by atoms with E-state index < -0.39 is 0 Å². The zero-order valence-corrected chi connectivity index (χ0v) is 17.5. The first kappa shape index (κ1) is 19.2. The standard InChI is InChI=1S/C24H23N5O2/c1-15-8-9-17(14-26-15)31-23-13-21-20(27-24(28-21)19-6-3-4-10-25-19)12-18(23)22-7-5-11-29(22)16(2)30/h3-4,6,8-10,12-14,22H,5,7,11H2,1-2H3,(H,27,28). The highest BCUT2D eigenvalue weighted by atomic mass is 16.5. The molecule has 0 aliphatic carbocycles. The lowest BCUT2D eigenvalue weighted by Gasteiger charge is -2.25. The number of nitrogens with zero attached hydrogens (tertiary/aromatic N) is 4. The number of aromatic amines is 1. The van der Waals surface area contributed by atoms with Crippen LogP contribution in [0.25, 0.3) is 22.6 Å². The summed E-state index contributed by atoms with van der Waals surface area (Å²) in [6.45, 7) is 4.32. The molecule has 1 aromatic carbocycles. The molecule has 4 heterocycles. The summed E-state index contributed by atoms with van der Waals surface area (Å²) in [5.74, 6) is 2.12. The molecule has 1 aliphatic rings. The van der Waals surface area contributed by atoms with Gasteiger partial charge < -0.3 is 14.6 Å². The number of nitrogens with one attached hydrogen (secondary N) is 1. The molecule has 5 rings (SSSR count). The number of pyridine rings is 2. The number of fused-ring (bicyclic) bond motifs is 1. The van der Waals surface area contributed by atoms with Crippen molar-refractivity contribution >= 4 is 16.9 Å². The highest BCUT2D eigenvalue weighted by molar-refractivity contribution is 5.82. The summed E-state index contributed by atoms with van der Waals surface area (Å²) in [7, 11) is 0. The maximum Gasteiger partial charge on any atom is 0.219 e. The fraction of sp³-hybridized carbons (Fsp3) is 0.250. The Labute approximate surface area is 180 Å². The number of amides is 1. The van der Waals surface area contributed by atoms with Crippen molar-refractivity contribution in [2.24, 2.45) is 0 Å². The van der Waals surface area contributed by atoms with E-state index >= 15 is 0 Å². The highest BCUT2D eigenvalue weighted by Gasteiger charge is 2.31. The van der Waals surface area contributed by atoms with Gasteiger partial charge in [-0.25, -0.2) is 4.98 Å². The number of ether oxygens (including phenoxy) is 1. The van der Waals surface area contributed by atoms with Crippen LogP contribution in [0.4, 0.5) is 0 Å². The number of hydrogen-bond acceptors (Lipinski definition) is 5. The molecular formula is C24H23N5O2. The van der Waals surface area contributed by atoms with Crippen LogP contribution in [0.2, 0.25) is 0 Å². The van der Waals surface area contributed by atoms with Gasteiger partial charge in [-0.05, 0) is 50.1 Å². The third-order valence-electron chi connectivity index (χ3n) is 5.65. The predicted molar refractivity (Wildman–Crippen MR) is 118 cm³/mol. The van der Waals surface area contributed by atoms with E-state index in [9.17, 15) is 4.79 Å². The van der Waals surface area contributed by atoms with E-state index in [1.165, 1.54) is 0 Å². The van der Waals surface area contributed by atoms with Crippen LogP contribution in [0, 0.1) is 6.92 Å². The molecule has 31 heavy (non-hydrogen) atoms. The number of aromatic nitrogens is 4. The topological polar surface area (TPSA) is 84.0 Å². The number of carbonyl (C=O) groups is 1. The lowest BCUT2D eigenvalue weighted by molar-refractivity contribution is -0.129. The second-order valence-corrected chi connectivity index (χ2v) is 7.82. The SMILES string of the molecule is CC(=O)N1CCCC1c1cc2[nH]c(-c3ccccn3)nc2cc1Oc1ccc(C)nc1. The van der Waals surface area contributed by atoms with Crippen molar-refractivity contribution in [2.45, 2.75) is 32.7 Å². The van der Waals surface area contributed by atoms with Gasteiger partial charge in [-0.15, -0.1) is 0 Å². The smallest absolute Gasteiger partial charge is 0.219 e. The number of likely N-dealkylation sites (tertiary alicyclic amines) is 1. The number of H-pyrrole nitrogens is 1. The average molecular weight is 413 g/mol. The molecule has 156 valence electrons. The third-order valence-corrected chi connectivity index (χ3v) is 5.65. The van der Waals surface area contributed by atoms with Crippen molar-refractivity contribution in [1.82, 2.24) is 24.8 Å². The molecule has 1 N–H and O–H groups in total. The van der Waals surface area contributed by atoms with Crippen molar-refractivity contribution < 1.29 is 9.53 Å².